The highest BCUT2D eigenvalue weighted by Crippen LogP contribution is 2.23. The predicted octanol–water partition coefficient (Wildman–Crippen LogP) is 2.04. The number of hydrogen-bond acceptors (Lipinski definition) is 4. The Labute approximate surface area is 136 Å². The molecule has 2 aromatic carbocycles. The molecule has 0 saturated carbocycles. The molecular formula is C17H12N4O3. The number of hydrogen-bond donors (Lipinski definition) is 2. The Morgan fingerprint density at radius 1 is 1.08 bits per heavy atom. The smallest absolute Gasteiger partial charge is 0.261 e. The van der Waals surface area contributed by atoms with Crippen molar-refractivity contribution in [2.75, 3.05) is 12.4 Å². The summed E-state index contributed by atoms with van der Waals surface area (Å²) in [6, 6.07) is 9.87. The number of benzene rings is 2. The van der Waals surface area contributed by atoms with Crippen LogP contribution in [0.15, 0.2) is 42.6 Å². The molecule has 7 nitrogen and oxygen atoms in total. The number of anilines is 1. The number of nitrogens with one attached hydrogen (secondary N) is 2. The highest BCUT2D eigenvalue weighted by molar-refractivity contribution is 6.22. The van der Waals surface area contributed by atoms with Crippen molar-refractivity contribution in [3.63, 3.8) is 0 Å². The van der Waals surface area contributed by atoms with Gasteiger partial charge < -0.3 is 5.32 Å². The first kappa shape index (κ1) is 14.1. The summed E-state index contributed by atoms with van der Waals surface area (Å²) >= 11 is 0. The second-order valence-corrected chi connectivity index (χ2v) is 5.56. The largest absolute Gasteiger partial charge is 0.322 e. The van der Waals surface area contributed by atoms with Gasteiger partial charge in [0.25, 0.3) is 17.7 Å². The molecule has 3 amide bonds. The normalized spacial score (nSPS) is 13.5. The molecule has 0 bridgehead atoms. The molecule has 2 heterocycles. The van der Waals surface area contributed by atoms with Crippen LogP contribution in [0.1, 0.15) is 31.1 Å². The van der Waals surface area contributed by atoms with E-state index in [1.807, 2.05) is 6.07 Å². The Balaban J connectivity index is 1.63. The van der Waals surface area contributed by atoms with Crippen LogP contribution in [-0.4, -0.2) is 39.9 Å². The lowest BCUT2D eigenvalue weighted by Gasteiger charge is -2.06. The van der Waals surface area contributed by atoms with Crippen molar-refractivity contribution < 1.29 is 14.4 Å². The maximum atomic E-state index is 12.4. The van der Waals surface area contributed by atoms with Crippen molar-refractivity contribution in [1.82, 2.24) is 15.1 Å². The zero-order valence-electron chi connectivity index (χ0n) is 12.7. The number of fused-ring (bicyclic) bond motifs is 2. The van der Waals surface area contributed by atoms with Gasteiger partial charge >= 0.3 is 0 Å². The number of nitrogens with zero attached hydrogens (tertiary/aromatic N) is 2. The molecule has 1 aromatic heterocycles. The molecule has 0 unspecified atom stereocenters. The standard InChI is InChI=1S/C17H12N4O3/c1-21-16(23)12-4-2-9(7-13(12)17(21)24)15(22)19-11-3-5-14-10(6-11)8-18-20-14/h2-8H,1H3,(H,18,20)(H,19,22). The molecule has 24 heavy (non-hydrogen) atoms. The topological polar surface area (TPSA) is 95.2 Å². The van der Waals surface area contributed by atoms with Crippen LogP contribution in [0.4, 0.5) is 5.69 Å². The lowest BCUT2D eigenvalue weighted by Crippen LogP contribution is -2.24. The number of rotatable bonds is 2. The monoisotopic (exact) mass is 320 g/mol. The summed E-state index contributed by atoms with van der Waals surface area (Å²) in [7, 11) is 1.42. The molecule has 0 saturated heterocycles. The number of aromatic nitrogens is 2. The zero-order valence-corrected chi connectivity index (χ0v) is 12.7. The summed E-state index contributed by atoms with van der Waals surface area (Å²) in [5.41, 5.74) is 2.38. The maximum absolute atomic E-state index is 12.4. The molecule has 4 rings (SSSR count). The Kier molecular flexibility index (Phi) is 2.96. The minimum Gasteiger partial charge on any atom is -0.322 e. The molecule has 1 aliphatic heterocycles. The number of carbonyl (C=O) groups excluding carboxylic acids is 3. The van der Waals surface area contributed by atoms with E-state index in [1.54, 1.807) is 18.3 Å². The van der Waals surface area contributed by atoms with Crippen molar-refractivity contribution in [1.29, 1.82) is 0 Å². The Hall–Kier alpha value is -3.48. The van der Waals surface area contributed by atoms with E-state index >= 15 is 0 Å². The minimum atomic E-state index is -0.399. The number of aromatic amines is 1. The Bertz CT molecular complexity index is 1020. The van der Waals surface area contributed by atoms with Crippen LogP contribution in [0.3, 0.4) is 0 Å². The van der Waals surface area contributed by atoms with E-state index in [2.05, 4.69) is 15.5 Å². The fourth-order valence-electron chi connectivity index (χ4n) is 2.73. The highest BCUT2D eigenvalue weighted by atomic mass is 16.2. The highest BCUT2D eigenvalue weighted by Gasteiger charge is 2.33. The number of H-pyrrole nitrogens is 1. The maximum Gasteiger partial charge on any atom is 0.261 e. The third kappa shape index (κ3) is 2.06. The van der Waals surface area contributed by atoms with Crippen LogP contribution in [0.25, 0.3) is 10.9 Å². The third-order valence-corrected chi connectivity index (χ3v) is 4.05. The van der Waals surface area contributed by atoms with E-state index in [0.29, 0.717) is 16.8 Å². The van der Waals surface area contributed by atoms with Gasteiger partial charge in [0.2, 0.25) is 0 Å². The summed E-state index contributed by atoms with van der Waals surface area (Å²) in [6.07, 6.45) is 1.67. The van der Waals surface area contributed by atoms with Gasteiger partial charge in [0.05, 0.1) is 22.8 Å². The van der Waals surface area contributed by atoms with Crippen molar-refractivity contribution in [3.8, 4) is 0 Å². The SMILES string of the molecule is CN1C(=O)c2ccc(C(=O)Nc3ccc4[nH]ncc4c3)cc2C1=O. The molecule has 0 aliphatic carbocycles. The van der Waals surface area contributed by atoms with E-state index < -0.39 is 5.91 Å². The average molecular weight is 320 g/mol. The van der Waals surface area contributed by atoms with Crippen LogP contribution in [0, 0.1) is 0 Å². The average Bonchev–Trinajstić information content (AvgIpc) is 3.14. The molecule has 3 aromatic rings. The number of imide groups is 1. The third-order valence-electron chi connectivity index (χ3n) is 4.05. The molecular weight excluding hydrogens is 308 g/mol. The zero-order chi connectivity index (χ0) is 16.8. The number of carbonyl (C=O) groups is 3. The first-order chi connectivity index (χ1) is 11.5. The number of amides is 3. The molecule has 0 spiro atoms. The molecule has 0 fully saturated rings. The summed E-state index contributed by atoms with van der Waals surface area (Å²) in [5, 5.41) is 10.4. The molecule has 0 radical (unpaired) electrons. The van der Waals surface area contributed by atoms with E-state index in [-0.39, 0.29) is 17.4 Å². The van der Waals surface area contributed by atoms with Gasteiger partial charge in [-0.3, -0.25) is 24.4 Å². The fourth-order valence-corrected chi connectivity index (χ4v) is 2.73. The van der Waals surface area contributed by atoms with E-state index in [1.165, 1.54) is 25.2 Å². The molecule has 1 aliphatic rings. The van der Waals surface area contributed by atoms with E-state index in [9.17, 15) is 14.4 Å². The molecule has 7 heteroatoms. The fraction of sp³-hybridized carbons (Fsp3) is 0.0588. The summed E-state index contributed by atoms with van der Waals surface area (Å²) in [4.78, 5) is 37.3. The summed E-state index contributed by atoms with van der Waals surface area (Å²) in [6.45, 7) is 0. The van der Waals surface area contributed by atoms with Gasteiger partial charge in [-0.25, -0.2) is 0 Å². The summed E-state index contributed by atoms with van der Waals surface area (Å²) in [5.74, 6) is -1.10. The van der Waals surface area contributed by atoms with Crippen LogP contribution < -0.4 is 5.32 Å². The molecule has 2 N–H and O–H groups in total. The second-order valence-electron chi connectivity index (χ2n) is 5.56. The lowest BCUT2D eigenvalue weighted by atomic mass is 10.1. The first-order valence-corrected chi connectivity index (χ1v) is 7.25. The van der Waals surface area contributed by atoms with Crippen LogP contribution in [-0.2, 0) is 0 Å². The van der Waals surface area contributed by atoms with Gasteiger partial charge in [0.15, 0.2) is 0 Å². The van der Waals surface area contributed by atoms with Gasteiger partial charge in [-0.1, -0.05) is 0 Å². The van der Waals surface area contributed by atoms with Crippen molar-refractivity contribution in [2.45, 2.75) is 0 Å². The first-order valence-electron chi connectivity index (χ1n) is 7.25. The Morgan fingerprint density at radius 3 is 2.71 bits per heavy atom. The van der Waals surface area contributed by atoms with Crippen LogP contribution in [0.5, 0.6) is 0 Å². The van der Waals surface area contributed by atoms with Crippen molar-refractivity contribution >= 4 is 34.3 Å². The van der Waals surface area contributed by atoms with Crippen molar-refractivity contribution in [2.24, 2.45) is 0 Å². The summed E-state index contributed by atoms with van der Waals surface area (Å²) < 4.78 is 0. The lowest BCUT2D eigenvalue weighted by molar-refractivity contribution is 0.0693. The van der Waals surface area contributed by atoms with Gasteiger partial charge in [0, 0.05) is 23.7 Å². The van der Waals surface area contributed by atoms with E-state index in [0.717, 1.165) is 15.8 Å². The quantitative estimate of drug-likeness (QED) is 0.706. The van der Waals surface area contributed by atoms with Gasteiger partial charge in [0.1, 0.15) is 0 Å². The van der Waals surface area contributed by atoms with Gasteiger partial charge in [-0.05, 0) is 36.4 Å². The Morgan fingerprint density at radius 2 is 1.88 bits per heavy atom. The van der Waals surface area contributed by atoms with Crippen LogP contribution >= 0.6 is 0 Å². The van der Waals surface area contributed by atoms with E-state index in [4.69, 9.17) is 0 Å². The van der Waals surface area contributed by atoms with Crippen LogP contribution in [0.2, 0.25) is 0 Å². The van der Waals surface area contributed by atoms with Crippen molar-refractivity contribution in [3.05, 3.63) is 59.3 Å². The minimum absolute atomic E-state index is 0.250. The second kappa shape index (κ2) is 5.02. The van der Waals surface area contributed by atoms with Gasteiger partial charge in [-0.2, -0.15) is 5.10 Å². The molecule has 118 valence electrons. The predicted molar refractivity (Wildman–Crippen MR) is 86.9 cm³/mol. The molecule has 0 atom stereocenters. The van der Waals surface area contributed by atoms with Gasteiger partial charge in [-0.15, -0.1) is 0 Å².